The molecular formula is C29H32FN3O2. The van der Waals surface area contributed by atoms with E-state index in [1.54, 1.807) is 6.20 Å². The van der Waals surface area contributed by atoms with E-state index >= 15 is 0 Å². The number of nitrogens with zero attached hydrogens (tertiary/aromatic N) is 3. The minimum Gasteiger partial charge on any atom is -0.487 e. The monoisotopic (exact) mass is 473 g/mol. The van der Waals surface area contributed by atoms with E-state index in [-0.39, 0.29) is 23.2 Å². The number of aromatic nitrogens is 1. The summed E-state index contributed by atoms with van der Waals surface area (Å²) in [5, 5.41) is 0. The molecule has 2 aromatic carbocycles. The topological polar surface area (TPSA) is 45.7 Å². The lowest BCUT2D eigenvalue weighted by molar-refractivity contribution is -0.137. The van der Waals surface area contributed by atoms with Crippen LogP contribution in [0, 0.1) is 11.2 Å². The van der Waals surface area contributed by atoms with E-state index in [1.165, 1.54) is 12.1 Å². The number of carbonyl (C=O) groups excluding carboxylic acids is 1. The first-order chi connectivity index (χ1) is 17.0. The quantitative estimate of drug-likeness (QED) is 0.492. The number of para-hydroxylation sites is 1. The van der Waals surface area contributed by atoms with Crippen LogP contribution in [0.2, 0.25) is 0 Å². The average molecular weight is 474 g/mol. The molecule has 0 radical (unpaired) electrons. The molecule has 3 aromatic rings. The molecule has 2 aliphatic heterocycles. The van der Waals surface area contributed by atoms with Crippen molar-refractivity contribution in [1.29, 1.82) is 0 Å². The zero-order valence-electron chi connectivity index (χ0n) is 20.2. The maximum absolute atomic E-state index is 13.3. The molecule has 1 spiro atoms. The summed E-state index contributed by atoms with van der Waals surface area (Å²) in [7, 11) is 1.92. The first-order valence-corrected chi connectivity index (χ1v) is 12.4. The molecule has 3 heterocycles. The summed E-state index contributed by atoms with van der Waals surface area (Å²) < 4.78 is 19.4. The molecule has 1 amide bonds. The number of hydrogen-bond donors (Lipinski definition) is 0. The zero-order valence-corrected chi connectivity index (χ0v) is 20.2. The van der Waals surface area contributed by atoms with E-state index in [0.29, 0.717) is 6.61 Å². The molecule has 0 bridgehead atoms. The standard InChI is InChI=1S/C29H32FN3O2/c1-32-26(18-22-9-11-24(30)12-10-22)19-29(28(32)34)13-16-33(17-14-29)20-23-6-2-3-8-27(23)35-21-25-7-4-5-15-31-25/h2-12,15,26H,13-14,16-21H2,1H3/t26-/m1/s1. The Labute approximate surface area is 206 Å². The van der Waals surface area contributed by atoms with E-state index in [0.717, 1.165) is 67.9 Å². The summed E-state index contributed by atoms with van der Waals surface area (Å²) in [4.78, 5) is 22.0. The fraction of sp³-hybridized carbons (Fsp3) is 0.379. The Morgan fingerprint density at radius 2 is 1.77 bits per heavy atom. The minimum absolute atomic E-state index is 0.167. The highest BCUT2D eigenvalue weighted by Crippen LogP contribution is 2.45. The number of amides is 1. The van der Waals surface area contributed by atoms with Gasteiger partial charge in [-0.25, -0.2) is 4.39 Å². The molecule has 2 saturated heterocycles. The lowest BCUT2D eigenvalue weighted by atomic mass is 9.75. The van der Waals surface area contributed by atoms with Crippen molar-refractivity contribution < 1.29 is 13.9 Å². The highest BCUT2D eigenvalue weighted by molar-refractivity contribution is 5.85. The van der Waals surface area contributed by atoms with Gasteiger partial charge in [0.1, 0.15) is 18.2 Å². The summed E-state index contributed by atoms with van der Waals surface area (Å²) in [5.41, 5.74) is 2.86. The van der Waals surface area contributed by atoms with Gasteiger partial charge >= 0.3 is 0 Å². The molecule has 0 aliphatic carbocycles. The van der Waals surface area contributed by atoms with Crippen LogP contribution in [-0.2, 0) is 24.4 Å². The van der Waals surface area contributed by atoms with Gasteiger partial charge in [0.15, 0.2) is 0 Å². The molecule has 5 rings (SSSR count). The van der Waals surface area contributed by atoms with Gasteiger partial charge in [0.2, 0.25) is 5.91 Å². The molecule has 5 nitrogen and oxygen atoms in total. The van der Waals surface area contributed by atoms with Gasteiger partial charge in [0.25, 0.3) is 0 Å². The molecule has 0 unspecified atom stereocenters. The minimum atomic E-state index is -0.273. The van der Waals surface area contributed by atoms with Gasteiger partial charge in [-0.15, -0.1) is 0 Å². The number of benzene rings is 2. The van der Waals surface area contributed by atoms with E-state index in [9.17, 15) is 9.18 Å². The number of ether oxygens (including phenoxy) is 1. The van der Waals surface area contributed by atoms with Crippen LogP contribution in [0.15, 0.2) is 72.9 Å². The number of carbonyl (C=O) groups is 1. The summed E-state index contributed by atoms with van der Waals surface area (Å²) in [5.74, 6) is 0.926. The van der Waals surface area contributed by atoms with Crippen LogP contribution in [0.1, 0.15) is 36.1 Å². The van der Waals surface area contributed by atoms with Crippen molar-refractivity contribution in [2.24, 2.45) is 5.41 Å². The van der Waals surface area contributed by atoms with Gasteiger partial charge in [-0.1, -0.05) is 36.4 Å². The second kappa shape index (κ2) is 10.2. The number of halogens is 1. The van der Waals surface area contributed by atoms with Crippen LogP contribution >= 0.6 is 0 Å². The van der Waals surface area contributed by atoms with E-state index < -0.39 is 0 Å². The Morgan fingerprint density at radius 1 is 1.03 bits per heavy atom. The number of piperidine rings is 1. The zero-order chi connectivity index (χ0) is 24.3. The maximum Gasteiger partial charge on any atom is 0.228 e. The van der Waals surface area contributed by atoms with Gasteiger partial charge in [0.05, 0.1) is 11.1 Å². The van der Waals surface area contributed by atoms with Gasteiger partial charge in [-0.05, 0) is 74.7 Å². The highest BCUT2D eigenvalue weighted by atomic mass is 19.1. The third-order valence-electron chi connectivity index (χ3n) is 7.61. The van der Waals surface area contributed by atoms with Crippen LogP contribution in [0.4, 0.5) is 4.39 Å². The van der Waals surface area contributed by atoms with Crippen LogP contribution in [0.5, 0.6) is 5.75 Å². The fourth-order valence-corrected chi connectivity index (χ4v) is 5.53. The first kappa shape index (κ1) is 23.5. The predicted molar refractivity (Wildman–Crippen MR) is 133 cm³/mol. The van der Waals surface area contributed by atoms with Crippen molar-refractivity contribution in [1.82, 2.24) is 14.8 Å². The molecule has 2 aliphatic rings. The van der Waals surface area contributed by atoms with Crippen molar-refractivity contribution in [2.45, 2.75) is 44.9 Å². The van der Waals surface area contributed by atoms with Crippen LogP contribution in [0.25, 0.3) is 0 Å². The summed E-state index contributed by atoms with van der Waals surface area (Å²) in [6.07, 6.45) is 5.16. The average Bonchev–Trinajstić information content (AvgIpc) is 3.11. The summed E-state index contributed by atoms with van der Waals surface area (Å²) in [6, 6.07) is 20.8. The molecular weight excluding hydrogens is 441 g/mol. The Kier molecular flexibility index (Phi) is 6.82. The van der Waals surface area contributed by atoms with Crippen molar-refractivity contribution in [2.75, 3.05) is 20.1 Å². The summed E-state index contributed by atoms with van der Waals surface area (Å²) >= 11 is 0. The Morgan fingerprint density at radius 3 is 2.51 bits per heavy atom. The smallest absolute Gasteiger partial charge is 0.228 e. The van der Waals surface area contributed by atoms with E-state index in [2.05, 4.69) is 16.0 Å². The Hall–Kier alpha value is -3.25. The fourth-order valence-electron chi connectivity index (χ4n) is 5.53. The SMILES string of the molecule is CN1C(=O)C2(CCN(Cc3ccccc3OCc3ccccn3)CC2)C[C@H]1Cc1ccc(F)cc1. The normalized spacial score (nSPS) is 19.9. The van der Waals surface area contributed by atoms with Crippen molar-refractivity contribution >= 4 is 5.91 Å². The molecule has 0 saturated carbocycles. The molecule has 2 fully saturated rings. The Balaban J connectivity index is 1.19. The van der Waals surface area contributed by atoms with Gasteiger partial charge < -0.3 is 9.64 Å². The molecule has 6 heteroatoms. The molecule has 1 aromatic heterocycles. The van der Waals surface area contributed by atoms with E-state index in [1.807, 2.05) is 60.5 Å². The highest BCUT2D eigenvalue weighted by Gasteiger charge is 2.51. The predicted octanol–water partition coefficient (Wildman–Crippen LogP) is 4.86. The number of pyridine rings is 1. The number of likely N-dealkylation sites (N-methyl/N-ethyl adjacent to an activating group) is 1. The van der Waals surface area contributed by atoms with Gasteiger partial charge in [-0.2, -0.15) is 0 Å². The van der Waals surface area contributed by atoms with Crippen molar-refractivity contribution in [3.8, 4) is 5.75 Å². The summed E-state index contributed by atoms with van der Waals surface area (Å²) in [6.45, 7) is 3.02. The lowest BCUT2D eigenvalue weighted by Crippen LogP contribution is -2.43. The number of likely N-dealkylation sites (tertiary alicyclic amines) is 2. The van der Waals surface area contributed by atoms with Crippen LogP contribution < -0.4 is 4.74 Å². The Bertz CT molecular complexity index is 1140. The van der Waals surface area contributed by atoms with Crippen LogP contribution in [0.3, 0.4) is 0 Å². The van der Waals surface area contributed by atoms with Gasteiger partial charge in [-0.3, -0.25) is 14.7 Å². The second-order valence-electron chi connectivity index (χ2n) is 9.88. The van der Waals surface area contributed by atoms with Crippen molar-refractivity contribution in [3.63, 3.8) is 0 Å². The molecule has 1 atom stereocenters. The molecule has 0 N–H and O–H groups in total. The lowest BCUT2D eigenvalue weighted by Gasteiger charge is -2.38. The third-order valence-corrected chi connectivity index (χ3v) is 7.61. The number of hydrogen-bond acceptors (Lipinski definition) is 4. The van der Waals surface area contributed by atoms with Gasteiger partial charge in [0, 0.05) is 31.4 Å². The van der Waals surface area contributed by atoms with Crippen LogP contribution in [-0.4, -0.2) is 46.9 Å². The maximum atomic E-state index is 13.3. The van der Waals surface area contributed by atoms with E-state index in [4.69, 9.17) is 4.74 Å². The van der Waals surface area contributed by atoms with Crippen molar-refractivity contribution in [3.05, 3.63) is 95.6 Å². The first-order valence-electron chi connectivity index (χ1n) is 12.4. The number of rotatable bonds is 7. The third kappa shape index (κ3) is 5.22. The molecule has 182 valence electrons. The molecule has 35 heavy (non-hydrogen) atoms. The second-order valence-corrected chi connectivity index (χ2v) is 9.88. The largest absolute Gasteiger partial charge is 0.487 e.